The van der Waals surface area contributed by atoms with Crippen molar-refractivity contribution in [3.05, 3.63) is 48.0 Å². The first kappa shape index (κ1) is 16.2. The van der Waals surface area contributed by atoms with Crippen LogP contribution in [0.25, 0.3) is 0 Å². The molecule has 0 saturated heterocycles. The molecule has 24 heavy (non-hydrogen) atoms. The number of methoxy groups -OCH3 is 1. The van der Waals surface area contributed by atoms with E-state index in [9.17, 15) is 4.79 Å². The van der Waals surface area contributed by atoms with Crippen LogP contribution in [0.15, 0.2) is 42.5 Å². The summed E-state index contributed by atoms with van der Waals surface area (Å²) < 4.78 is 16.1. The Labute approximate surface area is 141 Å². The largest absolute Gasteiger partial charge is 0.497 e. The van der Waals surface area contributed by atoms with E-state index in [0.29, 0.717) is 25.4 Å². The van der Waals surface area contributed by atoms with Crippen LogP contribution in [-0.4, -0.2) is 26.2 Å². The zero-order valence-corrected chi connectivity index (χ0v) is 13.7. The van der Waals surface area contributed by atoms with Crippen LogP contribution in [0, 0.1) is 0 Å². The Bertz CT molecular complexity index is 697. The highest BCUT2D eigenvalue weighted by Crippen LogP contribution is 2.32. The number of benzene rings is 2. The van der Waals surface area contributed by atoms with Gasteiger partial charge >= 0.3 is 0 Å². The van der Waals surface area contributed by atoms with E-state index in [1.165, 1.54) is 5.56 Å². The Kier molecular flexibility index (Phi) is 5.21. The molecule has 2 aromatic carbocycles. The van der Waals surface area contributed by atoms with Crippen molar-refractivity contribution in [2.24, 2.45) is 0 Å². The number of carbonyl (C=O) groups excluding carboxylic acids is 1. The fourth-order valence-corrected chi connectivity index (χ4v) is 2.59. The highest BCUT2D eigenvalue weighted by atomic mass is 16.6. The summed E-state index contributed by atoms with van der Waals surface area (Å²) in [6.07, 6.45) is 2.13. The van der Waals surface area contributed by atoms with Crippen molar-refractivity contribution in [1.82, 2.24) is 0 Å². The van der Waals surface area contributed by atoms with Gasteiger partial charge in [0, 0.05) is 18.2 Å². The van der Waals surface area contributed by atoms with Crippen LogP contribution < -0.4 is 19.5 Å². The third-order valence-electron chi connectivity index (χ3n) is 3.85. The molecule has 2 aromatic rings. The molecule has 1 amide bonds. The van der Waals surface area contributed by atoms with Crippen LogP contribution in [-0.2, 0) is 11.2 Å². The van der Waals surface area contributed by atoms with E-state index in [-0.39, 0.29) is 5.91 Å². The fourth-order valence-electron chi connectivity index (χ4n) is 2.59. The minimum Gasteiger partial charge on any atom is -0.497 e. The van der Waals surface area contributed by atoms with Gasteiger partial charge in [0.15, 0.2) is 11.5 Å². The maximum atomic E-state index is 12.1. The molecule has 0 bridgehead atoms. The van der Waals surface area contributed by atoms with E-state index in [0.717, 1.165) is 30.0 Å². The lowest BCUT2D eigenvalue weighted by molar-refractivity contribution is -0.116. The molecule has 0 atom stereocenters. The molecule has 0 spiro atoms. The Morgan fingerprint density at radius 1 is 1.08 bits per heavy atom. The maximum Gasteiger partial charge on any atom is 0.224 e. The first-order valence-electron chi connectivity index (χ1n) is 8.07. The number of amides is 1. The van der Waals surface area contributed by atoms with Gasteiger partial charge in [-0.3, -0.25) is 4.79 Å². The highest BCUT2D eigenvalue weighted by Gasteiger charge is 2.12. The van der Waals surface area contributed by atoms with Crippen LogP contribution in [0.5, 0.6) is 17.2 Å². The van der Waals surface area contributed by atoms with Crippen molar-refractivity contribution in [3.8, 4) is 17.2 Å². The molecular weight excluding hydrogens is 306 g/mol. The van der Waals surface area contributed by atoms with Crippen molar-refractivity contribution in [2.45, 2.75) is 19.3 Å². The third-order valence-corrected chi connectivity index (χ3v) is 3.85. The third kappa shape index (κ3) is 4.19. The van der Waals surface area contributed by atoms with Crippen molar-refractivity contribution in [2.75, 3.05) is 25.6 Å². The Balaban J connectivity index is 1.47. The van der Waals surface area contributed by atoms with Crippen LogP contribution in [0.3, 0.4) is 0 Å². The average molecular weight is 327 g/mol. The van der Waals surface area contributed by atoms with Gasteiger partial charge in [-0.05, 0) is 42.7 Å². The molecule has 0 fully saturated rings. The summed E-state index contributed by atoms with van der Waals surface area (Å²) in [6.45, 7) is 1.09. The molecule has 5 nitrogen and oxygen atoms in total. The van der Waals surface area contributed by atoms with Crippen molar-refractivity contribution >= 4 is 11.6 Å². The van der Waals surface area contributed by atoms with Crippen LogP contribution >= 0.6 is 0 Å². The number of rotatable bonds is 6. The molecule has 1 heterocycles. The van der Waals surface area contributed by atoms with Gasteiger partial charge in [-0.15, -0.1) is 0 Å². The van der Waals surface area contributed by atoms with E-state index in [1.807, 2.05) is 36.4 Å². The number of carbonyl (C=O) groups is 1. The lowest BCUT2D eigenvalue weighted by atomic mass is 10.1. The monoisotopic (exact) mass is 327 g/mol. The van der Waals surface area contributed by atoms with Gasteiger partial charge in [-0.25, -0.2) is 0 Å². The number of aryl methyl sites for hydroxylation is 1. The summed E-state index contributed by atoms with van der Waals surface area (Å²) >= 11 is 0. The molecule has 1 N–H and O–H groups in total. The predicted molar refractivity (Wildman–Crippen MR) is 92.0 cm³/mol. The number of ether oxygens (including phenoxy) is 3. The van der Waals surface area contributed by atoms with Gasteiger partial charge in [0.2, 0.25) is 5.91 Å². The smallest absolute Gasteiger partial charge is 0.224 e. The van der Waals surface area contributed by atoms with E-state index in [4.69, 9.17) is 14.2 Å². The average Bonchev–Trinajstić information content (AvgIpc) is 2.62. The van der Waals surface area contributed by atoms with Crippen molar-refractivity contribution in [1.29, 1.82) is 0 Å². The highest BCUT2D eigenvalue weighted by molar-refractivity contribution is 5.91. The first-order chi connectivity index (χ1) is 11.7. The Hall–Kier alpha value is -2.69. The molecule has 5 heteroatoms. The van der Waals surface area contributed by atoms with Gasteiger partial charge in [0.1, 0.15) is 19.0 Å². The van der Waals surface area contributed by atoms with Crippen molar-refractivity contribution in [3.63, 3.8) is 0 Å². The quantitative estimate of drug-likeness (QED) is 0.883. The van der Waals surface area contributed by atoms with E-state index in [1.54, 1.807) is 13.2 Å². The zero-order chi connectivity index (χ0) is 16.8. The zero-order valence-electron chi connectivity index (χ0n) is 13.7. The summed E-state index contributed by atoms with van der Waals surface area (Å²) in [6, 6.07) is 13.4. The van der Waals surface area contributed by atoms with Crippen LogP contribution in [0.2, 0.25) is 0 Å². The first-order valence-corrected chi connectivity index (χ1v) is 8.07. The summed E-state index contributed by atoms with van der Waals surface area (Å²) in [5, 5.41) is 2.90. The molecule has 0 saturated carbocycles. The van der Waals surface area contributed by atoms with Gasteiger partial charge < -0.3 is 19.5 Å². The standard InChI is InChI=1S/C19H21NO4/c1-22-16-8-5-14(6-9-16)3-2-4-19(21)20-15-7-10-17-18(13-15)24-12-11-23-17/h5-10,13H,2-4,11-12H2,1H3,(H,20,21). The Morgan fingerprint density at radius 3 is 2.58 bits per heavy atom. The lowest BCUT2D eigenvalue weighted by Gasteiger charge is -2.19. The maximum absolute atomic E-state index is 12.1. The number of nitrogens with one attached hydrogen (secondary N) is 1. The van der Waals surface area contributed by atoms with Crippen LogP contribution in [0.4, 0.5) is 5.69 Å². The summed E-state index contributed by atoms with van der Waals surface area (Å²) in [5.41, 5.74) is 1.93. The molecular formula is C19H21NO4. The molecule has 3 rings (SSSR count). The summed E-state index contributed by atoms with van der Waals surface area (Å²) in [4.78, 5) is 12.1. The van der Waals surface area contributed by atoms with Gasteiger partial charge in [0.25, 0.3) is 0 Å². The lowest BCUT2D eigenvalue weighted by Crippen LogP contribution is -2.16. The molecule has 0 aromatic heterocycles. The number of hydrogen-bond acceptors (Lipinski definition) is 4. The van der Waals surface area contributed by atoms with Gasteiger partial charge in [-0.2, -0.15) is 0 Å². The van der Waals surface area contributed by atoms with Crippen LogP contribution in [0.1, 0.15) is 18.4 Å². The molecule has 0 unspecified atom stereocenters. The topological polar surface area (TPSA) is 56.8 Å². The normalized spacial score (nSPS) is 12.5. The SMILES string of the molecule is COc1ccc(CCCC(=O)Nc2ccc3c(c2)OCCO3)cc1. The second-order valence-electron chi connectivity index (χ2n) is 5.61. The van der Waals surface area contributed by atoms with Crippen molar-refractivity contribution < 1.29 is 19.0 Å². The van der Waals surface area contributed by atoms with Gasteiger partial charge in [-0.1, -0.05) is 12.1 Å². The predicted octanol–water partition coefficient (Wildman–Crippen LogP) is 3.43. The fraction of sp³-hybridized carbons (Fsp3) is 0.316. The minimum atomic E-state index is 0.000175. The van der Waals surface area contributed by atoms with E-state index in [2.05, 4.69) is 5.32 Å². The number of fused-ring (bicyclic) bond motifs is 1. The van der Waals surface area contributed by atoms with E-state index < -0.39 is 0 Å². The van der Waals surface area contributed by atoms with E-state index >= 15 is 0 Å². The molecule has 126 valence electrons. The van der Waals surface area contributed by atoms with Gasteiger partial charge in [0.05, 0.1) is 7.11 Å². The second-order valence-corrected chi connectivity index (χ2v) is 5.61. The molecule has 0 aliphatic carbocycles. The second kappa shape index (κ2) is 7.73. The minimum absolute atomic E-state index is 0.000175. The number of anilines is 1. The molecule has 1 aliphatic rings. The summed E-state index contributed by atoms with van der Waals surface area (Å²) in [5.74, 6) is 2.24. The molecule has 1 aliphatic heterocycles. The number of hydrogen-bond donors (Lipinski definition) is 1. The molecule has 0 radical (unpaired) electrons. The Morgan fingerprint density at radius 2 is 1.83 bits per heavy atom. The summed E-state index contributed by atoms with van der Waals surface area (Å²) in [7, 11) is 1.65.